The van der Waals surface area contributed by atoms with Gasteiger partial charge in [-0.1, -0.05) is 0 Å². The molecule has 2 aromatic heterocycles. The van der Waals surface area contributed by atoms with Gasteiger partial charge in [-0.25, -0.2) is 18.1 Å². The molecule has 10 heteroatoms. The van der Waals surface area contributed by atoms with Gasteiger partial charge in [-0.2, -0.15) is 10.2 Å². The van der Waals surface area contributed by atoms with E-state index < -0.39 is 10.0 Å². The van der Waals surface area contributed by atoms with E-state index in [0.29, 0.717) is 24.4 Å². The van der Waals surface area contributed by atoms with Crippen molar-refractivity contribution in [1.82, 2.24) is 35.4 Å². The lowest BCUT2D eigenvalue weighted by Crippen LogP contribution is -2.27. The van der Waals surface area contributed by atoms with Crippen LogP contribution < -0.4 is 10.0 Å². The SMILES string of the molecule is CNCc1cn[nH]c1S(=O)(=O)NCCc1ncn[nH]1. The Hall–Kier alpha value is -1.78. The molecule has 19 heavy (non-hydrogen) atoms. The van der Waals surface area contributed by atoms with Gasteiger partial charge in [0.25, 0.3) is 10.0 Å². The van der Waals surface area contributed by atoms with Crippen molar-refractivity contribution in [2.75, 3.05) is 13.6 Å². The summed E-state index contributed by atoms with van der Waals surface area (Å²) in [5.41, 5.74) is 0.592. The first kappa shape index (κ1) is 13.6. The van der Waals surface area contributed by atoms with E-state index in [0.717, 1.165) is 0 Å². The smallest absolute Gasteiger partial charge is 0.257 e. The van der Waals surface area contributed by atoms with Crippen molar-refractivity contribution in [1.29, 1.82) is 0 Å². The predicted molar refractivity (Wildman–Crippen MR) is 66.6 cm³/mol. The highest BCUT2D eigenvalue weighted by atomic mass is 32.2. The Kier molecular flexibility index (Phi) is 4.24. The molecular formula is C9H15N7O2S. The third kappa shape index (κ3) is 3.36. The molecule has 4 N–H and O–H groups in total. The molecule has 9 nitrogen and oxygen atoms in total. The van der Waals surface area contributed by atoms with E-state index in [2.05, 4.69) is 35.4 Å². The van der Waals surface area contributed by atoms with Crippen molar-refractivity contribution in [3.05, 3.63) is 23.9 Å². The fraction of sp³-hybridized carbons (Fsp3) is 0.444. The molecule has 2 rings (SSSR count). The van der Waals surface area contributed by atoms with Gasteiger partial charge in [0.05, 0.1) is 6.20 Å². The van der Waals surface area contributed by atoms with E-state index in [1.54, 1.807) is 7.05 Å². The summed E-state index contributed by atoms with van der Waals surface area (Å²) in [5.74, 6) is 0.628. The summed E-state index contributed by atoms with van der Waals surface area (Å²) in [5, 5.41) is 15.6. The molecule has 0 amide bonds. The van der Waals surface area contributed by atoms with Gasteiger partial charge in [-0.15, -0.1) is 0 Å². The Morgan fingerprint density at radius 1 is 1.32 bits per heavy atom. The highest BCUT2D eigenvalue weighted by molar-refractivity contribution is 7.89. The number of hydrogen-bond acceptors (Lipinski definition) is 6. The van der Waals surface area contributed by atoms with Gasteiger partial charge in [0.1, 0.15) is 12.2 Å². The number of aromatic amines is 2. The van der Waals surface area contributed by atoms with Crippen LogP contribution in [0.4, 0.5) is 0 Å². The van der Waals surface area contributed by atoms with Crippen LogP contribution in [0.1, 0.15) is 11.4 Å². The lowest BCUT2D eigenvalue weighted by Gasteiger charge is -2.06. The van der Waals surface area contributed by atoms with Crippen LogP contribution in [0, 0.1) is 0 Å². The van der Waals surface area contributed by atoms with Crippen LogP contribution >= 0.6 is 0 Å². The highest BCUT2D eigenvalue weighted by Crippen LogP contribution is 2.11. The molecule has 0 fully saturated rings. The average Bonchev–Trinajstić information content (AvgIpc) is 3.00. The fourth-order valence-corrected chi connectivity index (χ4v) is 2.73. The van der Waals surface area contributed by atoms with Crippen molar-refractivity contribution in [3.8, 4) is 0 Å². The minimum absolute atomic E-state index is 0.0828. The summed E-state index contributed by atoms with van der Waals surface area (Å²) in [6, 6.07) is 0. The van der Waals surface area contributed by atoms with Crippen LogP contribution in [0.2, 0.25) is 0 Å². The maximum atomic E-state index is 12.1. The lowest BCUT2D eigenvalue weighted by atomic mass is 10.4. The molecule has 0 aliphatic rings. The third-order valence-corrected chi connectivity index (χ3v) is 3.91. The van der Waals surface area contributed by atoms with Gasteiger partial charge in [0.15, 0.2) is 5.03 Å². The first-order valence-electron chi connectivity index (χ1n) is 5.64. The molecule has 0 aliphatic heterocycles. The van der Waals surface area contributed by atoms with Gasteiger partial charge >= 0.3 is 0 Å². The van der Waals surface area contributed by atoms with Gasteiger partial charge in [0, 0.05) is 25.1 Å². The highest BCUT2D eigenvalue weighted by Gasteiger charge is 2.19. The zero-order valence-electron chi connectivity index (χ0n) is 10.3. The first-order chi connectivity index (χ1) is 9.13. The van der Waals surface area contributed by atoms with Crippen LogP contribution in [0.25, 0.3) is 0 Å². The molecule has 0 aromatic carbocycles. The normalized spacial score (nSPS) is 11.8. The van der Waals surface area contributed by atoms with Crippen LogP contribution in [-0.2, 0) is 23.0 Å². The van der Waals surface area contributed by atoms with Gasteiger partial charge in [0.2, 0.25) is 0 Å². The molecule has 0 saturated carbocycles. The van der Waals surface area contributed by atoms with E-state index >= 15 is 0 Å². The average molecular weight is 285 g/mol. The molecule has 0 spiro atoms. The second-order valence-corrected chi connectivity index (χ2v) is 5.54. The molecule has 0 aliphatic carbocycles. The van der Waals surface area contributed by atoms with Crippen molar-refractivity contribution >= 4 is 10.0 Å². The molecule has 104 valence electrons. The predicted octanol–water partition coefficient (Wildman–Crippen LogP) is -1.23. The van der Waals surface area contributed by atoms with Crippen LogP contribution in [0.15, 0.2) is 17.6 Å². The quantitative estimate of drug-likeness (QED) is 0.504. The maximum Gasteiger partial charge on any atom is 0.257 e. The Balaban J connectivity index is 1.99. The molecular weight excluding hydrogens is 270 g/mol. The maximum absolute atomic E-state index is 12.1. The lowest BCUT2D eigenvalue weighted by molar-refractivity contribution is 0.574. The number of aromatic nitrogens is 5. The Morgan fingerprint density at radius 2 is 2.16 bits per heavy atom. The Bertz CT molecular complexity index is 604. The molecule has 2 aromatic rings. The number of nitrogens with zero attached hydrogens (tertiary/aromatic N) is 3. The van der Waals surface area contributed by atoms with Crippen molar-refractivity contribution in [2.24, 2.45) is 0 Å². The number of sulfonamides is 1. The van der Waals surface area contributed by atoms with Gasteiger partial charge in [-0.05, 0) is 7.05 Å². The zero-order valence-corrected chi connectivity index (χ0v) is 11.2. The van der Waals surface area contributed by atoms with Crippen molar-refractivity contribution < 1.29 is 8.42 Å². The van der Waals surface area contributed by atoms with E-state index in [4.69, 9.17) is 0 Å². The standard InChI is InChI=1S/C9H15N7O2S/c1-10-4-7-5-12-16-9(7)19(17,18)14-3-2-8-11-6-13-15-8/h5-6,10,14H,2-4H2,1H3,(H,12,16)(H,11,13,15). The van der Waals surface area contributed by atoms with Gasteiger partial charge in [-0.3, -0.25) is 10.2 Å². The van der Waals surface area contributed by atoms with E-state index in [-0.39, 0.29) is 11.6 Å². The largest absolute Gasteiger partial charge is 0.316 e. The summed E-state index contributed by atoms with van der Waals surface area (Å²) in [7, 11) is -1.86. The zero-order chi connectivity index (χ0) is 13.7. The molecule has 0 saturated heterocycles. The summed E-state index contributed by atoms with van der Waals surface area (Å²) in [6.45, 7) is 0.657. The molecule has 0 atom stereocenters. The van der Waals surface area contributed by atoms with E-state index in [1.807, 2.05) is 0 Å². The minimum Gasteiger partial charge on any atom is -0.316 e. The number of nitrogens with one attached hydrogen (secondary N) is 4. The molecule has 0 bridgehead atoms. The van der Waals surface area contributed by atoms with Crippen molar-refractivity contribution in [3.63, 3.8) is 0 Å². The van der Waals surface area contributed by atoms with Crippen LogP contribution in [-0.4, -0.2) is 47.4 Å². The molecule has 0 unspecified atom stereocenters. The van der Waals surface area contributed by atoms with Gasteiger partial charge < -0.3 is 5.32 Å². The van der Waals surface area contributed by atoms with E-state index in [1.165, 1.54) is 12.5 Å². The number of H-pyrrole nitrogens is 2. The second kappa shape index (κ2) is 5.91. The Labute approximate surface area is 110 Å². The summed E-state index contributed by atoms with van der Waals surface area (Å²) >= 11 is 0. The fourth-order valence-electron chi connectivity index (χ4n) is 1.58. The van der Waals surface area contributed by atoms with Crippen molar-refractivity contribution in [2.45, 2.75) is 18.0 Å². The Morgan fingerprint density at radius 3 is 2.84 bits per heavy atom. The topological polar surface area (TPSA) is 128 Å². The number of hydrogen-bond donors (Lipinski definition) is 4. The first-order valence-corrected chi connectivity index (χ1v) is 7.12. The minimum atomic E-state index is -3.59. The summed E-state index contributed by atoms with van der Waals surface area (Å²) < 4.78 is 26.6. The summed E-state index contributed by atoms with van der Waals surface area (Å²) in [4.78, 5) is 3.91. The van der Waals surface area contributed by atoms with Crippen LogP contribution in [0.3, 0.4) is 0 Å². The molecule has 2 heterocycles. The number of rotatable bonds is 7. The third-order valence-electron chi connectivity index (χ3n) is 2.43. The summed E-state index contributed by atoms with van der Waals surface area (Å²) in [6.07, 6.45) is 3.31. The van der Waals surface area contributed by atoms with E-state index in [9.17, 15) is 8.42 Å². The molecule has 0 radical (unpaired) electrons. The van der Waals surface area contributed by atoms with Crippen LogP contribution in [0.5, 0.6) is 0 Å². The monoisotopic (exact) mass is 285 g/mol. The second-order valence-electron chi connectivity index (χ2n) is 3.83.